The van der Waals surface area contributed by atoms with Gasteiger partial charge in [0.25, 0.3) is 0 Å². The molecule has 0 amide bonds. The van der Waals surface area contributed by atoms with Crippen molar-refractivity contribution in [3.63, 3.8) is 0 Å². The molecule has 0 unspecified atom stereocenters. The molecule has 0 spiro atoms. The highest BCUT2D eigenvalue weighted by Gasteiger charge is 2.10. The molecule has 148 valence electrons. The van der Waals surface area contributed by atoms with Crippen molar-refractivity contribution in [3.05, 3.63) is 59.9 Å². The second-order valence-corrected chi connectivity index (χ2v) is 6.51. The SMILES string of the molecule is CN=C(NCc1cc2ccccc2o1)N(C)CCc1ccc(OC)c(OC)c1. The van der Waals surface area contributed by atoms with E-state index in [2.05, 4.69) is 27.3 Å². The Morgan fingerprint density at radius 2 is 1.86 bits per heavy atom. The summed E-state index contributed by atoms with van der Waals surface area (Å²) in [5.74, 6) is 3.19. The molecule has 6 nitrogen and oxygen atoms in total. The third-order valence-electron chi connectivity index (χ3n) is 4.65. The van der Waals surface area contributed by atoms with Gasteiger partial charge in [-0.15, -0.1) is 0 Å². The topological polar surface area (TPSA) is 59.2 Å². The average Bonchev–Trinajstić information content (AvgIpc) is 3.15. The maximum Gasteiger partial charge on any atom is 0.193 e. The van der Waals surface area contributed by atoms with Gasteiger partial charge in [-0.05, 0) is 36.2 Å². The van der Waals surface area contributed by atoms with Gasteiger partial charge in [0.2, 0.25) is 0 Å². The number of benzene rings is 2. The van der Waals surface area contributed by atoms with E-state index in [-0.39, 0.29) is 0 Å². The van der Waals surface area contributed by atoms with Crippen LogP contribution in [0.3, 0.4) is 0 Å². The minimum atomic E-state index is 0.585. The molecule has 3 aromatic rings. The number of hydrogen-bond acceptors (Lipinski definition) is 4. The summed E-state index contributed by atoms with van der Waals surface area (Å²) < 4.78 is 16.5. The zero-order valence-electron chi connectivity index (χ0n) is 16.9. The van der Waals surface area contributed by atoms with E-state index in [0.29, 0.717) is 6.54 Å². The van der Waals surface area contributed by atoms with Gasteiger partial charge in [0, 0.05) is 26.0 Å². The highest BCUT2D eigenvalue weighted by molar-refractivity contribution is 5.80. The molecule has 0 fully saturated rings. The Labute approximate surface area is 165 Å². The van der Waals surface area contributed by atoms with Crippen molar-refractivity contribution >= 4 is 16.9 Å². The zero-order chi connectivity index (χ0) is 19.9. The van der Waals surface area contributed by atoms with Crippen LogP contribution < -0.4 is 14.8 Å². The Morgan fingerprint density at radius 1 is 1.07 bits per heavy atom. The van der Waals surface area contributed by atoms with Gasteiger partial charge < -0.3 is 24.1 Å². The lowest BCUT2D eigenvalue weighted by atomic mass is 10.1. The van der Waals surface area contributed by atoms with Gasteiger partial charge in [0.1, 0.15) is 11.3 Å². The minimum Gasteiger partial charge on any atom is -0.493 e. The molecule has 0 radical (unpaired) electrons. The van der Waals surface area contributed by atoms with Crippen LogP contribution in [0.5, 0.6) is 11.5 Å². The fourth-order valence-electron chi connectivity index (χ4n) is 3.11. The van der Waals surface area contributed by atoms with Gasteiger partial charge in [0.15, 0.2) is 17.5 Å². The molecular formula is C22H27N3O3. The maximum atomic E-state index is 5.86. The van der Waals surface area contributed by atoms with Gasteiger partial charge in [-0.1, -0.05) is 24.3 Å². The van der Waals surface area contributed by atoms with Crippen LogP contribution in [-0.4, -0.2) is 45.7 Å². The predicted molar refractivity (Wildman–Crippen MR) is 112 cm³/mol. The van der Waals surface area contributed by atoms with E-state index in [4.69, 9.17) is 13.9 Å². The first-order chi connectivity index (χ1) is 13.6. The summed E-state index contributed by atoms with van der Waals surface area (Å²) in [6.45, 7) is 1.40. The number of aliphatic imine (C=N–C) groups is 1. The van der Waals surface area contributed by atoms with E-state index >= 15 is 0 Å². The third kappa shape index (κ3) is 4.57. The van der Waals surface area contributed by atoms with Crippen LogP contribution in [0.25, 0.3) is 11.0 Å². The lowest BCUT2D eigenvalue weighted by molar-refractivity contribution is 0.354. The van der Waals surface area contributed by atoms with Crippen LogP contribution in [0, 0.1) is 0 Å². The second kappa shape index (κ2) is 9.17. The zero-order valence-corrected chi connectivity index (χ0v) is 16.9. The van der Waals surface area contributed by atoms with Crippen molar-refractivity contribution in [2.75, 3.05) is 34.9 Å². The van der Waals surface area contributed by atoms with Crippen LogP contribution in [0.15, 0.2) is 57.9 Å². The largest absolute Gasteiger partial charge is 0.493 e. The molecule has 0 atom stereocenters. The molecule has 0 aliphatic carbocycles. The molecule has 28 heavy (non-hydrogen) atoms. The van der Waals surface area contributed by atoms with E-state index in [1.165, 1.54) is 5.56 Å². The Hall–Kier alpha value is -3.15. The normalized spacial score (nSPS) is 11.5. The number of likely N-dealkylation sites (N-methyl/N-ethyl adjacent to an activating group) is 1. The standard InChI is InChI=1S/C22H27N3O3/c1-23-22(24-15-18-14-17-7-5-6-8-19(17)28-18)25(2)12-11-16-9-10-20(26-3)21(13-16)27-4/h5-10,13-14H,11-12,15H2,1-4H3,(H,23,24). The maximum absolute atomic E-state index is 5.86. The van der Waals surface area contributed by atoms with E-state index in [9.17, 15) is 0 Å². The number of hydrogen-bond donors (Lipinski definition) is 1. The van der Waals surface area contributed by atoms with Gasteiger partial charge >= 0.3 is 0 Å². The third-order valence-corrected chi connectivity index (χ3v) is 4.65. The Morgan fingerprint density at radius 3 is 2.57 bits per heavy atom. The molecule has 6 heteroatoms. The van der Waals surface area contributed by atoms with Crippen molar-refractivity contribution in [3.8, 4) is 11.5 Å². The molecule has 0 aliphatic rings. The lowest BCUT2D eigenvalue weighted by Crippen LogP contribution is -2.39. The van der Waals surface area contributed by atoms with Gasteiger partial charge in [0.05, 0.1) is 20.8 Å². The fourth-order valence-corrected chi connectivity index (χ4v) is 3.11. The number of fused-ring (bicyclic) bond motifs is 1. The summed E-state index contributed by atoms with van der Waals surface area (Å²) in [5.41, 5.74) is 2.08. The minimum absolute atomic E-state index is 0.585. The fraction of sp³-hybridized carbons (Fsp3) is 0.318. The number of nitrogens with zero attached hydrogens (tertiary/aromatic N) is 2. The molecule has 0 saturated heterocycles. The Balaban J connectivity index is 1.57. The summed E-state index contributed by atoms with van der Waals surface area (Å²) >= 11 is 0. The number of nitrogens with one attached hydrogen (secondary N) is 1. The molecule has 3 rings (SSSR count). The lowest BCUT2D eigenvalue weighted by Gasteiger charge is -2.22. The smallest absolute Gasteiger partial charge is 0.193 e. The Kier molecular flexibility index (Phi) is 6.42. The molecule has 2 aromatic carbocycles. The van der Waals surface area contributed by atoms with Gasteiger partial charge in [-0.3, -0.25) is 4.99 Å². The van der Waals surface area contributed by atoms with Crippen molar-refractivity contribution in [1.29, 1.82) is 0 Å². The van der Waals surface area contributed by atoms with Gasteiger partial charge in [-0.2, -0.15) is 0 Å². The molecular weight excluding hydrogens is 354 g/mol. The van der Waals surface area contributed by atoms with Crippen LogP contribution in [-0.2, 0) is 13.0 Å². The van der Waals surface area contributed by atoms with Gasteiger partial charge in [-0.25, -0.2) is 0 Å². The summed E-state index contributed by atoms with van der Waals surface area (Å²) in [4.78, 5) is 6.47. The number of rotatable bonds is 7. The first kappa shape index (κ1) is 19.6. The first-order valence-electron chi connectivity index (χ1n) is 9.24. The number of guanidine groups is 1. The summed E-state index contributed by atoms with van der Waals surface area (Å²) in [5, 5.41) is 4.47. The predicted octanol–water partition coefficient (Wildman–Crippen LogP) is 3.70. The quantitative estimate of drug-likeness (QED) is 0.500. The van der Waals surface area contributed by atoms with E-state index in [0.717, 1.165) is 47.2 Å². The molecule has 0 saturated carbocycles. The van der Waals surface area contributed by atoms with E-state index < -0.39 is 0 Å². The van der Waals surface area contributed by atoms with Crippen LogP contribution >= 0.6 is 0 Å². The van der Waals surface area contributed by atoms with Crippen LogP contribution in [0.1, 0.15) is 11.3 Å². The van der Waals surface area contributed by atoms with Crippen molar-refractivity contribution in [2.45, 2.75) is 13.0 Å². The summed E-state index contributed by atoms with van der Waals surface area (Å²) in [6, 6.07) is 16.1. The van der Waals surface area contributed by atoms with Crippen molar-refractivity contribution < 1.29 is 13.9 Å². The van der Waals surface area contributed by atoms with Crippen LogP contribution in [0.4, 0.5) is 0 Å². The molecule has 0 bridgehead atoms. The number of furan rings is 1. The second-order valence-electron chi connectivity index (χ2n) is 6.51. The van der Waals surface area contributed by atoms with Crippen LogP contribution in [0.2, 0.25) is 0 Å². The molecule has 1 N–H and O–H groups in total. The molecule has 0 aliphatic heterocycles. The molecule has 1 heterocycles. The Bertz CT molecular complexity index is 916. The highest BCUT2D eigenvalue weighted by Crippen LogP contribution is 2.27. The molecule has 1 aromatic heterocycles. The number of ether oxygens (including phenoxy) is 2. The average molecular weight is 381 g/mol. The monoisotopic (exact) mass is 381 g/mol. The van der Waals surface area contributed by atoms with Crippen molar-refractivity contribution in [2.24, 2.45) is 4.99 Å². The number of para-hydroxylation sites is 1. The highest BCUT2D eigenvalue weighted by atomic mass is 16.5. The summed E-state index contributed by atoms with van der Waals surface area (Å²) in [7, 11) is 7.10. The van der Waals surface area contributed by atoms with E-state index in [1.54, 1.807) is 21.3 Å². The van der Waals surface area contributed by atoms with E-state index in [1.807, 2.05) is 43.4 Å². The summed E-state index contributed by atoms with van der Waals surface area (Å²) in [6.07, 6.45) is 0.863. The number of methoxy groups -OCH3 is 2. The van der Waals surface area contributed by atoms with Crippen molar-refractivity contribution in [1.82, 2.24) is 10.2 Å². The first-order valence-corrected chi connectivity index (χ1v) is 9.24.